The zero-order chi connectivity index (χ0) is 16.6. The third kappa shape index (κ3) is 3.29. The first-order valence-corrected chi connectivity index (χ1v) is 7.88. The molecular formula is C14H15N5O3S. The van der Waals surface area contributed by atoms with Gasteiger partial charge < -0.3 is 4.90 Å². The molecule has 1 amide bonds. The topological polar surface area (TPSA) is 101 Å². The quantitative estimate of drug-likeness (QED) is 0.667. The van der Waals surface area contributed by atoms with E-state index in [-0.39, 0.29) is 11.3 Å². The van der Waals surface area contributed by atoms with Gasteiger partial charge in [-0.15, -0.1) is 10.2 Å². The second kappa shape index (κ2) is 5.92. The lowest BCUT2D eigenvalue weighted by atomic mass is 10.1. The SMILES string of the molecule is CN(C)c1ccc([N+](=O)[O-])cc1C(=O)Nc1nnc(C2CC2)s1. The summed E-state index contributed by atoms with van der Waals surface area (Å²) in [5, 5.41) is 23.0. The number of rotatable bonds is 5. The van der Waals surface area contributed by atoms with Gasteiger partial charge in [0.1, 0.15) is 5.01 Å². The van der Waals surface area contributed by atoms with Crippen LogP contribution in [0.1, 0.15) is 34.1 Å². The van der Waals surface area contributed by atoms with Crippen molar-refractivity contribution in [3.63, 3.8) is 0 Å². The minimum atomic E-state index is -0.521. The summed E-state index contributed by atoms with van der Waals surface area (Å²) in [6, 6.07) is 4.21. The summed E-state index contributed by atoms with van der Waals surface area (Å²) < 4.78 is 0. The maximum absolute atomic E-state index is 12.5. The van der Waals surface area contributed by atoms with Crippen LogP contribution in [0.3, 0.4) is 0 Å². The van der Waals surface area contributed by atoms with E-state index < -0.39 is 10.8 Å². The van der Waals surface area contributed by atoms with E-state index in [4.69, 9.17) is 0 Å². The van der Waals surface area contributed by atoms with Gasteiger partial charge in [0.25, 0.3) is 11.6 Å². The summed E-state index contributed by atoms with van der Waals surface area (Å²) in [6.07, 6.45) is 2.22. The van der Waals surface area contributed by atoms with E-state index in [2.05, 4.69) is 15.5 Å². The molecule has 0 atom stereocenters. The number of nitro benzene ring substituents is 1. The van der Waals surface area contributed by atoms with Crippen LogP contribution >= 0.6 is 11.3 Å². The van der Waals surface area contributed by atoms with Crippen LogP contribution in [0.4, 0.5) is 16.5 Å². The molecule has 2 aromatic rings. The number of benzene rings is 1. The number of hydrogen-bond acceptors (Lipinski definition) is 7. The Labute approximate surface area is 136 Å². The summed E-state index contributed by atoms with van der Waals surface area (Å²) in [7, 11) is 3.54. The fourth-order valence-corrected chi connectivity index (χ4v) is 3.06. The summed E-state index contributed by atoms with van der Waals surface area (Å²) in [5.74, 6) is 0.0317. The van der Waals surface area contributed by atoms with E-state index in [0.29, 0.717) is 16.7 Å². The monoisotopic (exact) mass is 333 g/mol. The van der Waals surface area contributed by atoms with Crippen molar-refractivity contribution in [2.45, 2.75) is 18.8 Å². The molecule has 9 heteroatoms. The van der Waals surface area contributed by atoms with Gasteiger partial charge in [-0.25, -0.2) is 0 Å². The van der Waals surface area contributed by atoms with Gasteiger partial charge in [-0.1, -0.05) is 11.3 Å². The van der Waals surface area contributed by atoms with Crippen LogP contribution < -0.4 is 10.2 Å². The highest BCUT2D eigenvalue weighted by atomic mass is 32.1. The molecule has 120 valence electrons. The smallest absolute Gasteiger partial charge is 0.270 e. The van der Waals surface area contributed by atoms with Crippen LogP contribution in [0.5, 0.6) is 0 Å². The molecule has 1 fully saturated rings. The standard InChI is InChI=1S/C14H15N5O3S/c1-18(2)11-6-5-9(19(21)22)7-10(11)12(20)15-14-17-16-13(23-14)8-3-4-8/h5-8H,3-4H2,1-2H3,(H,15,17,20). The summed E-state index contributed by atoms with van der Waals surface area (Å²) in [4.78, 5) is 24.6. The van der Waals surface area contributed by atoms with Crippen molar-refractivity contribution in [2.24, 2.45) is 0 Å². The number of hydrogen-bond donors (Lipinski definition) is 1. The molecule has 0 bridgehead atoms. The molecule has 0 unspecified atom stereocenters. The molecule has 1 heterocycles. The third-order valence-electron chi connectivity index (χ3n) is 3.51. The van der Waals surface area contributed by atoms with Gasteiger partial charge in [0.2, 0.25) is 5.13 Å². The number of amides is 1. The van der Waals surface area contributed by atoms with Gasteiger partial charge in [-0.3, -0.25) is 20.2 Å². The molecule has 8 nitrogen and oxygen atoms in total. The zero-order valence-electron chi connectivity index (χ0n) is 12.6. The predicted octanol–water partition coefficient (Wildman–Crippen LogP) is 2.64. The van der Waals surface area contributed by atoms with Gasteiger partial charge in [-0.2, -0.15) is 0 Å². The Bertz CT molecular complexity index is 770. The van der Waals surface area contributed by atoms with E-state index >= 15 is 0 Å². The van der Waals surface area contributed by atoms with Crippen LogP contribution in [-0.2, 0) is 0 Å². The Balaban J connectivity index is 1.86. The lowest BCUT2D eigenvalue weighted by Gasteiger charge is -2.16. The molecule has 1 aliphatic carbocycles. The number of carbonyl (C=O) groups excluding carboxylic acids is 1. The van der Waals surface area contributed by atoms with Crippen LogP contribution in [-0.4, -0.2) is 35.1 Å². The molecule has 0 spiro atoms. The molecule has 23 heavy (non-hydrogen) atoms. The fraction of sp³-hybridized carbons (Fsp3) is 0.357. The first-order valence-electron chi connectivity index (χ1n) is 7.06. The summed E-state index contributed by atoms with van der Waals surface area (Å²) in [6.45, 7) is 0. The molecule has 1 N–H and O–H groups in total. The fourth-order valence-electron chi connectivity index (χ4n) is 2.15. The minimum absolute atomic E-state index is 0.128. The molecule has 1 aliphatic rings. The van der Waals surface area contributed by atoms with Crippen LogP contribution in [0.2, 0.25) is 0 Å². The van der Waals surface area contributed by atoms with Gasteiger partial charge in [0.15, 0.2) is 0 Å². The predicted molar refractivity (Wildman–Crippen MR) is 87.3 cm³/mol. The lowest BCUT2D eigenvalue weighted by Crippen LogP contribution is -2.18. The maximum Gasteiger partial charge on any atom is 0.270 e. The molecule has 0 saturated heterocycles. The Morgan fingerprint density at radius 2 is 2.13 bits per heavy atom. The van der Waals surface area contributed by atoms with E-state index in [1.165, 1.54) is 23.5 Å². The zero-order valence-corrected chi connectivity index (χ0v) is 13.5. The lowest BCUT2D eigenvalue weighted by molar-refractivity contribution is -0.384. The van der Waals surface area contributed by atoms with Crippen molar-refractivity contribution in [2.75, 3.05) is 24.3 Å². The number of non-ortho nitro benzene ring substituents is 1. The molecular weight excluding hydrogens is 318 g/mol. The van der Waals surface area contributed by atoms with E-state index in [9.17, 15) is 14.9 Å². The van der Waals surface area contributed by atoms with Crippen molar-refractivity contribution in [1.82, 2.24) is 10.2 Å². The van der Waals surface area contributed by atoms with Crippen molar-refractivity contribution < 1.29 is 9.72 Å². The Hall–Kier alpha value is -2.55. The average Bonchev–Trinajstić information content (AvgIpc) is 3.26. The molecule has 0 aliphatic heterocycles. The highest BCUT2D eigenvalue weighted by Crippen LogP contribution is 2.42. The molecule has 3 rings (SSSR count). The van der Waals surface area contributed by atoms with Crippen molar-refractivity contribution >= 4 is 33.8 Å². The number of carbonyl (C=O) groups is 1. The van der Waals surface area contributed by atoms with Gasteiger partial charge in [0.05, 0.1) is 10.5 Å². The Morgan fingerprint density at radius 1 is 1.39 bits per heavy atom. The number of aromatic nitrogens is 2. The number of nitro groups is 1. The van der Waals surface area contributed by atoms with E-state index in [0.717, 1.165) is 17.8 Å². The molecule has 1 saturated carbocycles. The molecule has 0 radical (unpaired) electrons. The first kappa shape index (κ1) is 15.3. The van der Waals surface area contributed by atoms with Crippen LogP contribution in [0, 0.1) is 10.1 Å². The molecule has 1 aromatic carbocycles. The van der Waals surface area contributed by atoms with Crippen molar-refractivity contribution in [3.8, 4) is 0 Å². The van der Waals surface area contributed by atoms with Gasteiger partial charge >= 0.3 is 0 Å². The maximum atomic E-state index is 12.5. The van der Waals surface area contributed by atoms with Crippen molar-refractivity contribution in [3.05, 3.63) is 38.9 Å². The molecule has 1 aromatic heterocycles. The minimum Gasteiger partial charge on any atom is -0.377 e. The largest absolute Gasteiger partial charge is 0.377 e. The third-order valence-corrected chi connectivity index (χ3v) is 4.51. The van der Waals surface area contributed by atoms with Gasteiger partial charge in [0, 0.05) is 37.8 Å². The second-order valence-corrected chi connectivity index (χ2v) is 6.54. The van der Waals surface area contributed by atoms with Crippen LogP contribution in [0.15, 0.2) is 18.2 Å². The Kier molecular flexibility index (Phi) is 3.95. The summed E-state index contributed by atoms with van der Waals surface area (Å²) in [5.41, 5.74) is 0.698. The van der Waals surface area contributed by atoms with E-state index in [1.807, 2.05) is 0 Å². The normalized spacial score (nSPS) is 13.7. The van der Waals surface area contributed by atoms with Crippen molar-refractivity contribution in [1.29, 1.82) is 0 Å². The summed E-state index contributed by atoms with van der Waals surface area (Å²) >= 11 is 1.35. The number of nitrogens with one attached hydrogen (secondary N) is 1. The Morgan fingerprint density at radius 3 is 2.74 bits per heavy atom. The highest BCUT2D eigenvalue weighted by Gasteiger charge is 2.28. The second-order valence-electron chi connectivity index (χ2n) is 5.53. The average molecular weight is 333 g/mol. The first-order chi connectivity index (χ1) is 11.0. The number of nitrogens with zero attached hydrogens (tertiary/aromatic N) is 4. The van der Waals surface area contributed by atoms with E-state index in [1.54, 1.807) is 25.1 Å². The van der Waals surface area contributed by atoms with Crippen LogP contribution in [0.25, 0.3) is 0 Å². The van der Waals surface area contributed by atoms with Gasteiger partial charge in [-0.05, 0) is 18.9 Å². The highest BCUT2D eigenvalue weighted by molar-refractivity contribution is 7.15. The number of anilines is 2.